The highest BCUT2D eigenvalue weighted by Gasteiger charge is 2.10. The fourth-order valence-corrected chi connectivity index (χ4v) is 2.38. The van der Waals surface area contributed by atoms with Crippen molar-refractivity contribution in [2.75, 3.05) is 13.7 Å². The molecule has 0 amide bonds. The minimum Gasteiger partial charge on any atom is -0.504 e. The van der Waals surface area contributed by atoms with Crippen LogP contribution in [0.3, 0.4) is 0 Å². The van der Waals surface area contributed by atoms with Gasteiger partial charge in [0, 0.05) is 13.1 Å². The predicted octanol–water partition coefficient (Wildman–Crippen LogP) is 2.83. The van der Waals surface area contributed by atoms with Crippen LogP contribution in [0.2, 0.25) is 0 Å². The van der Waals surface area contributed by atoms with E-state index in [4.69, 9.17) is 22.7 Å². The fraction of sp³-hybridized carbons (Fsp3) is 0.235. The third-order valence-electron chi connectivity index (χ3n) is 3.51. The van der Waals surface area contributed by atoms with Crippen LogP contribution in [0.15, 0.2) is 42.5 Å². The smallest absolute Gasteiger partial charge is 0.166 e. The highest BCUT2D eigenvalue weighted by Crippen LogP contribution is 2.26. The number of methoxy groups -OCH3 is 1. The van der Waals surface area contributed by atoms with Gasteiger partial charge in [0.15, 0.2) is 16.6 Å². The number of thiocarbonyl (C=S) groups is 1. The zero-order valence-electron chi connectivity index (χ0n) is 12.8. The van der Waals surface area contributed by atoms with Crippen LogP contribution in [0.4, 0.5) is 4.39 Å². The average Bonchev–Trinajstić information content (AvgIpc) is 2.54. The number of hydrogen-bond donors (Lipinski definition) is 2. The number of hydrogen-bond acceptors (Lipinski definition) is 3. The lowest BCUT2D eigenvalue weighted by Gasteiger charge is -2.23. The normalized spacial score (nSPS) is 10.3. The van der Waals surface area contributed by atoms with Gasteiger partial charge < -0.3 is 20.5 Å². The van der Waals surface area contributed by atoms with Crippen molar-refractivity contribution in [1.82, 2.24) is 4.90 Å². The summed E-state index contributed by atoms with van der Waals surface area (Å²) in [6.07, 6.45) is 0.701. The van der Waals surface area contributed by atoms with Crippen LogP contribution in [0.5, 0.6) is 11.5 Å². The molecule has 2 aromatic carbocycles. The lowest BCUT2D eigenvalue weighted by Crippen LogP contribution is -2.36. The Kier molecular flexibility index (Phi) is 5.76. The molecule has 0 heterocycles. The van der Waals surface area contributed by atoms with E-state index in [2.05, 4.69) is 0 Å². The molecule has 0 bridgehead atoms. The Morgan fingerprint density at radius 2 is 1.87 bits per heavy atom. The predicted molar refractivity (Wildman–Crippen MR) is 92.0 cm³/mol. The summed E-state index contributed by atoms with van der Waals surface area (Å²) in [6, 6.07) is 11.5. The minimum atomic E-state index is -0.254. The zero-order valence-corrected chi connectivity index (χ0v) is 13.6. The molecule has 0 aliphatic heterocycles. The molecule has 4 nitrogen and oxygen atoms in total. The summed E-state index contributed by atoms with van der Waals surface area (Å²) in [7, 11) is 1.50. The Hall–Kier alpha value is -2.34. The molecule has 0 saturated heterocycles. The Morgan fingerprint density at radius 3 is 2.48 bits per heavy atom. The largest absolute Gasteiger partial charge is 0.504 e. The van der Waals surface area contributed by atoms with E-state index in [9.17, 15) is 9.50 Å². The van der Waals surface area contributed by atoms with E-state index in [1.54, 1.807) is 30.3 Å². The number of rotatable bonds is 6. The Labute approximate surface area is 140 Å². The van der Waals surface area contributed by atoms with Crippen molar-refractivity contribution in [2.45, 2.75) is 13.0 Å². The first-order valence-corrected chi connectivity index (χ1v) is 7.55. The summed E-state index contributed by atoms with van der Waals surface area (Å²) in [4.78, 5) is 1.85. The number of ether oxygens (including phenoxy) is 1. The highest BCUT2D eigenvalue weighted by atomic mass is 32.1. The van der Waals surface area contributed by atoms with E-state index < -0.39 is 0 Å². The maximum Gasteiger partial charge on any atom is 0.166 e. The van der Waals surface area contributed by atoms with E-state index >= 15 is 0 Å². The SMILES string of the molecule is COc1cc(CN(CCc2ccc(F)cc2)C(N)=S)ccc1O. The Morgan fingerprint density at radius 1 is 1.22 bits per heavy atom. The Balaban J connectivity index is 2.04. The molecule has 3 N–H and O–H groups in total. The van der Waals surface area contributed by atoms with Crippen LogP contribution in [-0.4, -0.2) is 28.8 Å². The van der Waals surface area contributed by atoms with Gasteiger partial charge in [-0.05, 0) is 54.0 Å². The number of aromatic hydroxyl groups is 1. The second-order valence-electron chi connectivity index (χ2n) is 5.14. The van der Waals surface area contributed by atoms with Crippen LogP contribution in [0, 0.1) is 5.82 Å². The topological polar surface area (TPSA) is 58.7 Å². The van der Waals surface area contributed by atoms with Crippen LogP contribution in [0.1, 0.15) is 11.1 Å². The van der Waals surface area contributed by atoms with Crippen molar-refractivity contribution in [1.29, 1.82) is 0 Å². The van der Waals surface area contributed by atoms with Gasteiger partial charge in [-0.2, -0.15) is 0 Å². The maximum atomic E-state index is 12.9. The monoisotopic (exact) mass is 334 g/mol. The van der Waals surface area contributed by atoms with Gasteiger partial charge in [0.1, 0.15) is 5.82 Å². The van der Waals surface area contributed by atoms with Gasteiger partial charge in [-0.1, -0.05) is 18.2 Å². The number of halogens is 1. The van der Waals surface area contributed by atoms with E-state index in [1.165, 1.54) is 19.2 Å². The molecule has 6 heteroatoms. The second-order valence-corrected chi connectivity index (χ2v) is 5.56. The highest BCUT2D eigenvalue weighted by molar-refractivity contribution is 7.80. The van der Waals surface area contributed by atoms with E-state index in [1.807, 2.05) is 4.90 Å². The Bertz CT molecular complexity index is 677. The molecular weight excluding hydrogens is 315 g/mol. The van der Waals surface area contributed by atoms with Crippen LogP contribution < -0.4 is 10.5 Å². The van der Waals surface area contributed by atoms with Crippen molar-refractivity contribution >= 4 is 17.3 Å². The minimum absolute atomic E-state index is 0.0874. The van der Waals surface area contributed by atoms with Crippen molar-refractivity contribution in [3.63, 3.8) is 0 Å². The molecule has 0 unspecified atom stereocenters. The summed E-state index contributed by atoms with van der Waals surface area (Å²) in [5.74, 6) is 0.240. The molecule has 0 aromatic heterocycles. The summed E-state index contributed by atoms with van der Waals surface area (Å²) in [5.41, 5.74) is 7.72. The third kappa shape index (κ3) is 4.82. The molecule has 2 rings (SSSR count). The first-order valence-electron chi connectivity index (χ1n) is 7.14. The molecule has 23 heavy (non-hydrogen) atoms. The molecule has 0 radical (unpaired) electrons. The molecule has 0 aliphatic rings. The standard InChI is InChI=1S/C17H19FN2O2S/c1-22-16-10-13(4-7-15(16)21)11-20(17(19)23)9-8-12-2-5-14(18)6-3-12/h2-7,10,21H,8-9,11H2,1H3,(H2,19,23). The molecule has 0 atom stereocenters. The number of benzene rings is 2. The quantitative estimate of drug-likeness (QED) is 0.796. The van der Waals surface area contributed by atoms with Crippen molar-refractivity contribution < 1.29 is 14.2 Å². The number of nitrogens with zero attached hydrogens (tertiary/aromatic N) is 1. The summed E-state index contributed by atoms with van der Waals surface area (Å²) in [5, 5.41) is 9.92. The molecule has 122 valence electrons. The van der Waals surface area contributed by atoms with Gasteiger partial charge in [-0.25, -0.2) is 4.39 Å². The van der Waals surface area contributed by atoms with E-state index in [-0.39, 0.29) is 11.6 Å². The number of nitrogens with two attached hydrogens (primary N) is 1. The summed E-state index contributed by atoms with van der Waals surface area (Å²) < 4.78 is 18.0. The number of phenols is 1. The van der Waals surface area contributed by atoms with Gasteiger partial charge >= 0.3 is 0 Å². The molecule has 0 saturated carbocycles. The van der Waals surface area contributed by atoms with Crippen molar-refractivity contribution in [3.05, 3.63) is 59.4 Å². The summed E-state index contributed by atoms with van der Waals surface area (Å²) >= 11 is 5.10. The van der Waals surface area contributed by atoms with Gasteiger partial charge in [-0.15, -0.1) is 0 Å². The molecule has 2 aromatic rings. The molecule has 0 fully saturated rings. The van der Waals surface area contributed by atoms with Crippen molar-refractivity contribution in [3.8, 4) is 11.5 Å². The maximum absolute atomic E-state index is 12.9. The fourth-order valence-electron chi connectivity index (χ4n) is 2.22. The summed E-state index contributed by atoms with van der Waals surface area (Å²) in [6.45, 7) is 1.12. The van der Waals surface area contributed by atoms with Gasteiger partial charge in [0.05, 0.1) is 7.11 Å². The first-order chi connectivity index (χ1) is 11.0. The van der Waals surface area contributed by atoms with Crippen molar-refractivity contribution in [2.24, 2.45) is 5.73 Å². The first kappa shape index (κ1) is 17.0. The molecular formula is C17H19FN2O2S. The zero-order chi connectivity index (χ0) is 16.8. The van der Waals surface area contributed by atoms with E-state index in [0.29, 0.717) is 30.4 Å². The van der Waals surface area contributed by atoms with Crippen LogP contribution in [-0.2, 0) is 13.0 Å². The molecule has 0 aliphatic carbocycles. The van der Waals surface area contributed by atoms with E-state index in [0.717, 1.165) is 11.1 Å². The lowest BCUT2D eigenvalue weighted by molar-refractivity contribution is 0.370. The van der Waals surface area contributed by atoms with Crippen LogP contribution >= 0.6 is 12.2 Å². The number of phenolic OH excluding ortho intramolecular Hbond substituents is 1. The van der Waals surface area contributed by atoms with Gasteiger partial charge in [0.2, 0.25) is 0 Å². The lowest BCUT2D eigenvalue weighted by atomic mass is 10.1. The van der Waals surface area contributed by atoms with Gasteiger partial charge in [-0.3, -0.25) is 0 Å². The third-order valence-corrected chi connectivity index (χ3v) is 3.77. The van der Waals surface area contributed by atoms with Crippen LogP contribution in [0.25, 0.3) is 0 Å². The van der Waals surface area contributed by atoms with Gasteiger partial charge in [0.25, 0.3) is 0 Å². The average molecular weight is 334 g/mol. The molecule has 0 spiro atoms. The second kappa shape index (κ2) is 7.78.